The molecular formula is C13H17N5O. The fraction of sp³-hybridized carbons (Fsp3) is 0.385. The van der Waals surface area contributed by atoms with Gasteiger partial charge in [0.1, 0.15) is 11.3 Å². The fourth-order valence-electron chi connectivity index (χ4n) is 1.59. The van der Waals surface area contributed by atoms with E-state index in [0.717, 1.165) is 5.52 Å². The summed E-state index contributed by atoms with van der Waals surface area (Å²) in [6.45, 7) is 5.99. The van der Waals surface area contributed by atoms with Crippen molar-refractivity contribution in [3.8, 4) is 0 Å². The summed E-state index contributed by atoms with van der Waals surface area (Å²) in [7, 11) is 0. The number of nitrogens with zero attached hydrogens (tertiary/aromatic N) is 3. The smallest absolute Gasteiger partial charge is 0.239 e. The highest BCUT2D eigenvalue weighted by molar-refractivity contribution is 5.81. The van der Waals surface area contributed by atoms with Crippen LogP contribution in [0.1, 0.15) is 20.8 Å². The van der Waals surface area contributed by atoms with Crippen LogP contribution in [0, 0.1) is 0 Å². The van der Waals surface area contributed by atoms with E-state index in [4.69, 9.17) is 0 Å². The zero-order valence-corrected chi connectivity index (χ0v) is 11.3. The van der Waals surface area contributed by atoms with Crippen LogP contribution in [0.15, 0.2) is 24.5 Å². The molecule has 6 nitrogen and oxygen atoms in total. The molecule has 0 aliphatic carbocycles. The molecular weight excluding hydrogens is 242 g/mol. The van der Waals surface area contributed by atoms with Crippen LogP contribution in [0.5, 0.6) is 0 Å². The van der Waals surface area contributed by atoms with E-state index in [-0.39, 0.29) is 18.0 Å². The quantitative estimate of drug-likeness (QED) is 0.869. The summed E-state index contributed by atoms with van der Waals surface area (Å²) in [5, 5.41) is 5.84. The minimum absolute atomic E-state index is 0.0754. The summed E-state index contributed by atoms with van der Waals surface area (Å²) >= 11 is 0. The van der Waals surface area contributed by atoms with Gasteiger partial charge in [-0.2, -0.15) is 0 Å². The number of carbonyl (C=O) groups is 1. The van der Waals surface area contributed by atoms with E-state index in [1.807, 2.05) is 26.8 Å². The van der Waals surface area contributed by atoms with Crippen LogP contribution in [-0.4, -0.2) is 32.9 Å². The van der Waals surface area contributed by atoms with E-state index < -0.39 is 0 Å². The maximum Gasteiger partial charge on any atom is 0.239 e. The van der Waals surface area contributed by atoms with E-state index in [2.05, 4.69) is 25.6 Å². The molecule has 19 heavy (non-hydrogen) atoms. The first-order valence-corrected chi connectivity index (χ1v) is 6.07. The molecule has 2 heterocycles. The predicted octanol–water partition coefficient (Wildman–Crippen LogP) is 1.35. The second-order valence-corrected chi connectivity index (χ2v) is 5.25. The fourth-order valence-corrected chi connectivity index (χ4v) is 1.59. The van der Waals surface area contributed by atoms with Crippen LogP contribution < -0.4 is 10.6 Å². The molecule has 2 N–H and O–H groups in total. The van der Waals surface area contributed by atoms with Gasteiger partial charge in [0, 0.05) is 17.9 Å². The van der Waals surface area contributed by atoms with Gasteiger partial charge in [-0.05, 0) is 32.9 Å². The summed E-state index contributed by atoms with van der Waals surface area (Å²) < 4.78 is 0. The number of aromatic nitrogens is 3. The van der Waals surface area contributed by atoms with E-state index >= 15 is 0 Å². The summed E-state index contributed by atoms with van der Waals surface area (Å²) in [6, 6.07) is 3.60. The lowest BCUT2D eigenvalue weighted by Crippen LogP contribution is -2.43. The molecule has 0 aliphatic heterocycles. The average molecular weight is 259 g/mol. The molecule has 0 saturated carbocycles. The van der Waals surface area contributed by atoms with Crippen molar-refractivity contribution in [3.05, 3.63) is 24.5 Å². The number of rotatable bonds is 3. The van der Waals surface area contributed by atoms with E-state index in [0.29, 0.717) is 11.5 Å². The Labute approximate surface area is 111 Å². The monoisotopic (exact) mass is 259 g/mol. The summed E-state index contributed by atoms with van der Waals surface area (Å²) in [5.41, 5.74) is 1.05. The molecule has 0 spiro atoms. The van der Waals surface area contributed by atoms with Crippen LogP contribution >= 0.6 is 0 Å². The van der Waals surface area contributed by atoms with Crippen molar-refractivity contribution in [2.75, 3.05) is 11.9 Å². The third kappa shape index (κ3) is 3.87. The molecule has 0 saturated heterocycles. The molecule has 0 bridgehead atoms. The average Bonchev–Trinajstić information content (AvgIpc) is 2.34. The summed E-state index contributed by atoms with van der Waals surface area (Å²) in [5.74, 6) is 0.533. The number of pyridine rings is 1. The van der Waals surface area contributed by atoms with Crippen molar-refractivity contribution in [1.82, 2.24) is 20.3 Å². The van der Waals surface area contributed by atoms with Crippen molar-refractivity contribution in [2.45, 2.75) is 26.3 Å². The van der Waals surface area contributed by atoms with Crippen LogP contribution in [-0.2, 0) is 4.79 Å². The molecule has 6 heteroatoms. The molecule has 2 aromatic heterocycles. The first kappa shape index (κ1) is 13.2. The van der Waals surface area contributed by atoms with E-state index in [1.165, 1.54) is 0 Å². The Bertz CT molecular complexity index is 591. The Morgan fingerprint density at radius 2 is 1.95 bits per heavy atom. The Hall–Kier alpha value is -2.24. The van der Waals surface area contributed by atoms with Crippen LogP contribution in [0.25, 0.3) is 11.2 Å². The van der Waals surface area contributed by atoms with Gasteiger partial charge in [0.2, 0.25) is 5.91 Å². The van der Waals surface area contributed by atoms with Gasteiger partial charge in [0.25, 0.3) is 0 Å². The van der Waals surface area contributed by atoms with Gasteiger partial charge in [-0.15, -0.1) is 0 Å². The van der Waals surface area contributed by atoms with Crippen LogP contribution in [0.2, 0.25) is 0 Å². The molecule has 0 aliphatic rings. The SMILES string of the molecule is CC(C)(C)NC(=O)CNc1ccc2nccnc2n1. The third-order valence-corrected chi connectivity index (χ3v) is 2.28. The first-order valence-electron chi connectivity index (χ1n) is 6.07. The standard InChI is InChI=1S/C13H17N5O/c1-13(2,3)18-11(19)8-16-10-5-4-9-12(17-10)15-7-6-14-9/h4-7H,8H2,1-3H3,(H,18,19)(H,15,16,17). The molecule has 0 atom stereocenters. The second kappa shape index (κ2) is 5.17. The lowest BCUT2D eigenvalue weighted by atomic mass is 10.1. The highest BCUT2D eigenvalue weighted by Gasteiger charge is 2.13. The van der Waals surface area contributed by atoms with Crippen LogP contribution in [0.4, 0.5) is 5.82 Å². The van der Waals surface area contributed by atoms with Gasteiger partial charge in [-0.25, -0.2) is 9.97 Å². The largest absolute Gasteiger partial charge is 0.361 e. The van der Waals surface area contributed by atoms with Gasteiger partial charge < -0.3 is 10.6 Å². The summed E-state index contributed by atoms with van der Waals surface area (Å²) in [4.78, 5) is 24.2. The highest BCUT2D eigenvalue weighted by atomic mass is 16.2. The van der Waals surface area contributed by atoms with Gasteiger partial charge in [-0.3, -0.25) is 9.78 Å². The highest BCUT2D eigenvalue weighted by Crippen LogP contribution is 2.09. The minimum atomic E-state index is -0.235. The van der Waals surface area contributed by atoms with Crippen molar-refractivity contribution in [2.24, 2.45) is 0 Å². The van der Waals surface area contributed by atoms with Crippen molar-refractivity contribution >= 4 is 22.9 Å². The van der Waals surface area contributed by atoms with Gasteiger partial charge in [0.15, 0.2) is 5.65 Å². The van der Waals surface area contributed by atoms with E-state index in [1.54, 1.807) is 18.5 Å². The van der Waals surface area contributed by atoms with Crippen molar-refractivity contribution < 1.29 is 4.79 Å². The molecule has 1 amide bonds. The Kier molecular flexibility index (Phi) is 3.59. The Morgan fingerprint density at radius 1 is 1.21 bits per heavy atom. The third-order valence-electron chi connectivity index (χ3n) is 2.28. The van der Waals surface area contributed by atoms with E-state index in [9.17, 15) is 4.79 Å². The lowest BCUT2D eigenvalue weighted by molar-refractivity contribution is -0.120. The zero-order valence-electron chi connectivity index (χ0n) is 11.3. The number of fused-ring (bicyclic) bond motifs is 1. The molecule has 100 valence electrons. The lowest BCUT2D eigenvalue weighted by Gasteiger charge is -2.20. The van der Waals surface area contributed by atoms with Gasteiger partial charge >= 0.3 is 0 Å². The second-order valence-electron chi connectivity index (χ2n) is 5.25. The van der Waals surface area contributed by atoms with Crippen molar-refractivity contribution in [3.63, 3.8) is 0 Å². The van der Waals surface area contributed by atoms with Crippen LogP contribution in [0.3, 0.4) is 0 Å². The number of nitrogens with one attached hydrogen (secondary N) is 2. The number of hydrogen-bond acceptors (Lipinski definition) is 5. The molecule has 0 aromatic carbocycles. The maximum absolute atomic E-state index is 11.7. The molecule has 0 unspecified atom stereocenters. The number of amides is 1. The number of carbonyl (C=O) groups excluding carboxylic acids is 1. The predicted molar refractivity (Wildman–Crippen MR) is 73.7 cm³/mol. The summed E-state index contributed by atoms with van der Waals surface area (Å²) in [6.07, 6.45) is 3.21. The number of anilines is 1. The number of hydrogen-bond donors (Lipinski definition) is 2. The van der Waals surface area contributed by atoms with Gasteiger partial charge in [0.05, 0.1) is 6.54 Å². The first-order chi connectivity index (χ1) is 8.94. The minimum Gasteiger partial charge on any atom is -0.361 e. The normalized spacial score (nSPS) is 11.3. The Morgan fingerprint density at radius 3 is 2.68 bits per heavy atom. The van der Waals surface area contributed by atoms with Gasteiger partial charge in [-0.1, -0.05) is 0 Å². The molecule has 2 aromatic rings. The molecule has 0 fully saturated rings. The molecule has 2 rings (SSSR count). The maximum atomic E-state index is 11.7. The zero-order chi connectivity index (χ0) is 13.9. The molecule has 0 radical (unpaired) electrons. The van der Waals surface area contributed by atoms with Crippen molar-refractivity contribution in [1.29, 1.82) is 0 Å². The Balaban J connectivity index is 2.00. The topological polar surface area (TPSA) is 79.8 Å².